The van der Waals surface area contributed by atoms with E-state index in [1.165, 1.54) is 4.90 Å². The minimum Gasteiger partial charge on any atom is -0.495 e. The summed E-state index contributed by atoms with van der Waals surface area (Å²) in [6.07, 6.45) is 3.32. The number of guanidine groups is 1. The van der Waals surface area contributed by atoms with Gasteiger partial charge < -0.3 is 29.6 Å². The molecule has 1 aromatic heterocycles. The van der Waals surface area contributed by atoms with E-state index in [0.29, 0.717) is 17.5 Å². The number of halogens is 1. The number of methoxy groups -OCH3 is 1. The number of likely N-dealkylation sites (N-methyl/N-ethyl adjacent to an activating group) is 1. The fourth-order valence-corrected chi connectivity index (χ4v) is 3.57. The van der Waals surface area contributed by atoms with Crippen LogP contribution in [-0.2, 0) is 11.2 Å². The van der Waals surface area contributed by atoms with Gasteiger partial charge in [-0.3, -0.25) is 4.79 Å². The van der Waals surface area contributed by atoms with Gasteiger partial charge in [0, 0.05) is 51.2 Å². The average Bonchev–Trinajstić information content (AvgIpc) is 3.43. The van der Waals surface area contributed by atoms with Gasteiger partial charge in [-0.1, -0.05) is 11.6 Å². The molecular formula is C22H30ClN5O3. The van der Waals surface area contributed by atoms with Crippen LogP contribution in [0, 0.1) is 0 Å². The molecule has 0 spiro atoms. The van der Waals surface area contributed by atoms with Gasteiger partial charge in [0.25, 0.3) is 0 Å². The Bertz CT molecular complexity index is 885. The summed E-state index contributed by atoms with van der Waals surface area (Å²) < 4.78 is 10.9. The van der Waals surface area contributed by atoms with E-state index in [1.807, 2.05) is 30.3 Å². The molecule has 0 saturated carbocycles. The largest absolute Gasteiger partial charge is 0.495 e. The Labute approximate surface area is 188 Å². The highest BCUT2D eigenvalue weighted by atomic mass is 35.5. The first kappa shape index (κ1) is 22.8. The highest BCUT2D eigenvalue weighted by Crippen LogP contribution is 2.33. The maximum Gasteiger partial charge on any atom is 0.243 e. The second-order valence-corrected chi connectivity index (χ2v) is 8.04. The number of nitrogens with zero attached hydrogens (tertiary/aromatic N) is 3. The van der Waals surface area contributed by atoms with Crippen LogP contribution in [0.25, 0.3) is 0 Å². The van der Waals surface area contributed by atoms with E-state index < -0.39 is 0 Å². The average molecular weight is 448 g/mol. The number of amides is 1. The monoisotopic (exact) mass is 447 g/mol. The maximum absolute atomic E-state index is 12.0. The SMILES string of the molecule is COc1ccc(Cl)cc1N1CCC(NC(=NCC(=O)N(C)C)NCCc2ccco2)C1. The zero-order valence-corrected chi connectivity index (χ0v) is 19.0. The summed E-state index contributed by atoms with van der Waals surface area (Å²) in [6.45, 7) is 2.37. The van der Waals surface area contributed by atoms with Crippen LogP contribution >= 0.6 is 11.6 Å². The molecule has 2 aromatic rings. The quantitative estimate of drug-likeness (QED) is 0.477. The molecule has 0 aliphatic carbocycles. The summed E-state index contributed by atoms with van der Waals surface area (Å²) in [5.41, 5.74) is 0.978. The molecule has 168 valence electrons. The van der Waals surface area contributed by atoms with E-state index >= 15 is 0 Å². The molecule has 1 amide bonds. The molecule has 1 aromatic carbocycles. The topological polar surface area (TPSA) is 82.3 Å². The molecule has 2 N–H and O–H groups in total. The molecule has 1 aliphatic rings. The first-order chi connectivity index (χ1) is 15.0. The number of anilines is 1. The van der Waals surface area contributed by atoms with Gasteiger partial charge in [0.1, 0.15) is 18.1 Å². The molecule has 9 heteroatoms. The van der Waals surface area contributed by atoms with Gasteiger partial charge in [-0.05, 0) is 36.8 Å². The summed E-state index contributed by atoms with van der Waals surface area (Å²) in [5, 5.41) is 7.45. The van der Waals surface area contributed by atoms with Crippen molar-refractivity contribution < 1.29 is 13.9 Å². The van der Waals surface area contributed by atoms with Crippen LogP contribution in [0.3, 0.4) is 0 Å². The Morgan fingerprint density at radius 3 is 2.94 bits per heavy atom. The highest BCUT2D eigenvalue weighted by molar-refractivity contribution is 6.30. The molecule has 1 aliphatic heterocycles. The van der Waals surface area contributed by atoms with Crippen molar-refractivity contribution in [3.8, 4) is 5.75 Å². The fraction of sp³-hybridized carbons (Fsp3) is 0.455. The number of carbonyl (C=O) groups excluding carboxylic acids is 1. The lowest BCUT2D eigenvalue weighted by molar-refractivity contribution is -0.127. The Morgan fingerprint density at radius 2 is 2.23 bits per heavy atom. The molecule has 8 nitrogen and oxygen atoms in total. The molecule has 1 unspecified atom stereocenters. The van der Waals surface area contributed by atoms with Crippen LogP contribution in [0.4, 0.5) is 5.69 Å². The highest BCUT2D eigenvalue weighted by Gasteiger charge is 2.25. The number of hydrogen-bond donors (Lipinski definition) is 2. The molecule has 0 radical (unpaired) electrons. The van der Waals surface area contributed by atoms with Crippen molar-refractivity contribution in [1.29, 1.82) is 0 Å². The first-order valence-corrected chi connectivity index (χ1v) is 10.7. The third-order valence-electron chi connectivity index (χ3n) is 5.13. The summed E-state index contributed by atoms with van der Waals surface area (Å²) in [6, 6.07) is 9.62. The Morgan fingerprint density at radius 1 is 1.39 bits per heavy atom. The smallest absolute Gasteiger partial charge is 0.243 e. The number of benzene rings is 1. The summed E-state index contributed by atoms with van der Waals surface area (Å²) in [7, 11) is 5.11. The van der Waals surface area contributed by atoms with Crippen molar-refractivity contribution in [2.45, 2.75) is 18.9 Å². The Balaban J connectivity index is 1.62. The normalized spacial score (nSPS) is 16.3. The Hall–Kier alpha value is -2.87. The predicted octanol–water partition coefficient (Wildman–Crippen LogP) is 2.39. The van der Waals surface area contributed by atoms with Gasteiger partial charge in [-0.2, -0.15) is 0 Å². The van der Waals surface area contributed by atoms with E-state index in [4.69, 9.17) is 20.8 Å². The van der Waals surface area contributed by atoms with E-state index in [9.17, 15) is 4.79 Å². The van der Waals surface area contributed by atoms with Crippen molar-refractivity contribution in [2.24, 2.45) is 4.99 Å². The minimum atomic E-state index is -0.0520. The summed E-state index contributed by atoms with van der Waals surface area (Å²) in [4.78, 5) is 20.3. The zero-order valence-electron chi connectivity index (χ0n) is 18.2. The van der Waals surface area contributed by atoms with Crippen LogP contribution < -0.4 is 20.3 Å². The molecule has 31 heavy (non-hydrogen) atoms. The summed E-state index contributed by atoms with van der Waals surface area (Å²) >= 11 is 6.20. The first-order valence-electron chi connectivity index (χ1n) is 10.3. The molecule has 1 fully saturated rings. The third-order valence-corrected chi connectivity index (χ3v) is 5.36. The number of nitrogens with one attached hydrogen (secondary N) is 2. The molecule has 0 bridgehead atoms. The van der Waals surface area contributed by atoms with E-state index in [1.54, 1.807) is 27.5 Å². The zero-order chi connectivity index (χ0) is 22.2. The van der Waals surface area contributed by atoms with Gasteiger partial charge >= 0.3 is 0 Å². The molecule has 3 rings (SSSR count). The predicted molar refractivity (Wildman–Crippen MR) is 123 cm³/mol. The number of carbonyl (C=O) groups is 1. The lowest BCUT2D eigenvalue weighted by Crippen LogP contribution is -2.45. The van der Waals surface area contributed by atoms with Gasteiger partial charge in [-0.25, -0.2) is 4.99 Å². The Kier molecular flexibility index (Phi) is 8.06. The van der Waals surface area contributed by atoms with Gasteiger partial charge in [0.05, 0.1) is 19.1 Å². The number of aliphatic imine (C=N–C) groups is 1. The fourth-order valence-electron chi connectivity index (χ4n) is 3.40. The second-order valence-electron chi connectivity index (χ2n) is 7.60. The summed E-state index contributed by atoms with van der Waals surface area (Å²) in [5.74, 6) is 2.26. The lowest BCUT2D eigenvalue weighted by Gasteiger charge is -2.22. The van der Waals surface area contributed by atoms with Crippen molar-refractivity contribution >= 4 is 29.2 Å². The number of rotatable bonds is 8. The van der Waals surface area contributed by atoms with E-state index in [0.717, 1.165) is 43.1 Å². The van der Waals surface area contributed by atoms with Crippen molar-refractivity contribution in [3.63, 3.8) is 0 Å². The molecule has 2 heterocycles. The standard InChI is InChI=1S/C22H30ClN5O3/c1-27(2)21(29)14-25-22(24-10-8-18-5-4-12-31-18)26-17-9-11-28(15-17)19-13-16(23)6-7-20(19)30-3/h4-7,12-13,17H,8-11,14-15H2,1-3H3,(H2,24,25,26). The van der Waals surface area contributed by atoms with Crippen LogP contribution in [0.5, 0.6) is 5.75 Å². The van der Waals surface area contributed by atoms with E-state index in [2.05, 4.69) is 20.5 Å². The molecule has 1 saturated heterocycles. The molecule has 1 atom stereocenters. The third kappa shape index (κ3) is 6.55. The van der Waals surface area contributed by atoms with Crippen LogP contribution in [0.2, 0.25) is 5.02 Å². The van der Waals surface area contributed by atoms with Crippen molar-refractivity contribution in [1.82, 2.24) is 15.5 Å². The number of ether oxygens (including phenoxy) is 1. The number of furan rings is 1. The van der Waals surface area contributed by atoms with Crippen LogP contribution in [0.1, 0.15) is 12.2 Å². The van der Waals surface area contributed by atoms with E-state index in [-0.39, 0.29) is 18.5 Å². The van der Waals surface area contributed by atoms with Gasteiger partial charge in [-0.15, -0.1) is 0 Å². The lowest BCUT2D eigenvalue weighted by atomic mass is 10.2. The minimum absolute atomic E-state index is 0.0520. The second kappa shape index (κ2) is 10.9. The van der Waals surface area contributed by atoms with Gasteiger partial charge in [0.2, 0.25) is 5.91 Å². The van der Waals surface area contributed by atoms with Gasteiger partial charge in [0.15, 0.2) is 5.96 Å². The molecular weight excluding hydrogens is 418 g/mol. The van der Waals surface area contributed by atoms with Crippen LogP contribution in [-0.4, -0.2) is 70.2 Å². The van der Waals surface area contributed by atoms with Crippen molar-refractivity contribution in [3.05, 3.63) is 47.4 Å². The number of hydrogen-bond acceptors (Lipinski definition) is 5. The van der Waals surface area contributed by atoms with Crippen molar-refractivity contribution in [2.75, 3.05) is 52.3 Å². The van der Waals surface area contributed by atoms with Crippen LogP contribution in [0.15, 0.2) is 46.0 Å². The maximum atomic E-state index is 12.0.